The first kappa shape index (κ1) is 20.4. The molecule has 0 radical (unpaired) electrons. The maximum Gasteiger partial charge on any atom is 0.337 e. The number of benzene rings is 1. The van der Waals surface area contributed by atoms with Gasteiger partial charge in [0.1, 0.15) is 12.4 Å². The van der Waals surface area contributed by atoms with Crippen LogP contribution in [0.15, 0.2) is 57.8 Å². The van der Waals surface area contributed by atoms with Crippen LogP contribution in [0.4, 0.5) is 5.82 Å². The molecule has 0 aliphatic carbocycles. The Morgan fingerprint density at radius 2 is 1.86 bits per heavy atom. The number of allylic oxidation sites excluding steroid dienone is 1. The van der Waals surface area contributed by atoms with Crippen molar-refractivity contribution < 1.29 is 9.53 Å². The molecule has 0 amide bonds. The van der Waals surface area contributed by atoms with Gasteiger partial charge < -0.3 is 10.1 Å². The maximum absolute atomic E-state index is 13.1. The van der Waals surface area contributed by atoms with Gasteiger partial charge in [-0.25, -0.2) is 9.59 Å². The Kier molecular flexibility index (Phi) is 5.59. The summed E-state index contributed by atoms with van der Waals surface area (Å²) in [7, 11) is 3.03. The lowest BCUT2D eigenvalue weighted by Crippen LogP contribution is -2.43. The molecule has 1 aliphatic rings. The SMILES string of the molecule is C=CCOC(=O)C1=C(C)Nc2c(c(=O)n(C)c(=O)n2C)C1c1ccc(CC)cc1. The maximum atomic E-state index is 13.1. The number of fused-ring (bicyclic) bond motifs is 1. The molecule has 1 aliphatic heterocycles. The molecule has 2 heterocycles. The van der Waals surface area contributed by atoms with Crippen molar-refractivity contribution in [3.8, 4) is 0 Å². The van der Waals surface area contributed by atoms with Gasteiger partial charge in [-0.05, 0) is 24.5 Å². The average Bonchev–Trinajstić information content (AvgIpc) is 2.73. The van der Waals surface area contributed by atoms with Crippen molar-refractivity contribution >= 4 is 11.8 Å². The van der Waals surface area contributed by atoms with Gasteiger partial charge in [-0.1, -0.05) is 43.8 Å². The molecule has 0 fully saturated rings. The van der Waals surface area contributed by atoms with Crippen molar-refractivity contribution in [2.45, 2.75) is 26.2 Å². The Balaban J connectivity index is 2.31. The molecule has 1 unspecified atom stereocenters. The largest absolute Gasteiger partial charge is 0.458 e. The number of ether oxygens (including phenoxy) is 1. The van der Waals surface area contributed by atoms with Crippen LogP contribution in [-0.4, -0.2) is 21.7 Å². The molecule has 152 valence electrons. The van der Waals surface area contributed by atoms with E-state index in [0.717, 1.165) is 22.1 Å². The van der Waals surface area contributed by atoms with E-state index in [2.05, 4.69) is 18.8 Å². The van der Waals surface area contributed by atoms with Crippen LogP contribution in [0.5, 0.6) is 0 Å². The smallest absolute Gasteiger partial charge is 0.337 e. The van der Waals surface area contributed by atoms with Crippen molar-refractivity contribution in [1.82, 2.24) is 9.13 Å². The fraction of sp³-hybridized carbons (Fsp3) is 0.318. The van der Waals surface area contributed by atoms with Crippen LogP contribution in [-0.2, 0) is 30.0 Å². The predicted octanol–water partition coefficient (Wildman–Crippen LogP) is 2.21. The first-order chi connectivity index (χ1) is 13.8. The summed E-state index contributed by atoms with van der Waals surface area (Å²) in [6, 6.07) is 7.78. The normalized spacial score (nSPS) is 15.5. The monoisotopic (exact) mass is 395 g/mol. The topological polar surface area (TPSA) is 82.3 Å². The molecule has 0 saturated carbocycles. The number of nitrogens with one attached hydrogen (secondary N) is 1. The molecule has 1 aromatic heterocycles. The van der Waals surface area contributed by atoms with Gasteiger partial charge in [-0.3, -0.25) is 13.9 Å². The number of aryl methyl sites for hydroxylation is 1. The minimum atomic E-state index is -0.653. The highest BCUT2D eigenvalue weighted by Crippen LogP contribution is 2.39. The Morgan fingerprint density at radius 3 is 2.45 bits per heavy atom. The molecule has 1 N–H and O–H groups in total. The zero-order valence-corrected chi connectivity index (χ0v) is 17.1. The highest BCUT2D eigenvalue weighted by molar-refractivity contribution is 5.94. The molecule has 0 saturated heterocycles. The first-order valence-electron chi connectivity index (χ1n) is 9.46. The van der Waals surface area contributed by atoms with Gasteiger partial charge in [0.25, 0.3) is 5.56 Å². The van der Waals surface area contributed by atoms with Gasteiger partial charge in [0.15, 0.2) is 0 Å². The van der Waals surface area contributed by atoms with Gasteiger partial charge in [0.05, 0.1) is 17.1 Å². The molecule has 2 aromatic rings. The van der Waals surface area contributed by atoms with Crippen molar-refractivity contribution in [2.24, 2.45) is 14.1 Å². The Labute approximate surface area is 168 Å². The molecule has 7 heteroatoms. The number of aromatic nitrogens is 2. The summed E-state index contributed by atoms with van der Waals surface area (Å²) in [5.74, 6) is -0.790. The van der Waals surface area contributed by atoms with E-state index in [-0.39, 0.29) is 6.61 Å². The van der Waals surface area contributed by atoms with Crippen molar-refractivity contribution in [2.75, 3.05) is 11.9 Å². The number of rotatable bonds is 5. The number of carbonyl (C=O) groups excluding carboxylic acids is 1. The second-order valence-corrected chi connectivity index (χ2v) is 7.05. The fourth-order valence-electron chi connectivity index (χ4n) is 3.65. The summed E-state index contributed by atoms with van der Waals surface area (Å²) in [6.07, 6.45) is 2.37. The Morgan fingerprint density at radius 1 is 1.21 bits per heavy atom. The van der Waals surface area contributed by atoms with E-state index in [1.54, 1.807) is 14.0 Å². The Hall–Kier alpha value is -3.35. The number of nitrogens with zero attached hydrogens (tertiary/aromatic N) is 2. The lowest BCUT2D eigenvalue weighted by molar-refractivity contribution is -0.138. The highest BCUT2D eigenvalue weighted by atomic mass is 16.5. The third-order valence-corrected chi connectivity index (χ3v) is 5.26. The number of hydrogen-bond acceptors (Lipinski definition) is 5. The zero-order chi connectivity index (χ0) is 21.3. The number of anilines is 1. The van der Waals surface area contributed by atoms with Crippen LogP contribution < -0.4 is 16.6 Å². The summed E-state index contributed by atoms with van der Waals surface area (Å²) in [5.41, 5.74) is 2.28. The molecular weight excluding hydrogens is 370 g/mol. The lowest BCUT2D eigenvalue weighted by Gasteiger charge is -2.30. The number of hydrogen-bond donors (Lipinski definition) is 1. The van der Waals surface area contributed by atoms with Crippen LogP contribution in [0.1, 0.15) is 36.5 Å². The van der Waals surface area contributed by atoms with E-state index >= 15 is 0 Å². The minimum absolute atomic E-state index is 0.0647. The second kappa shape index (κ2) is 7.95. The van der Waals surface area contributed by atoms with E-state index in [1.165, 1.54) is 17.7 Å². The van der Waals surface area contributed by atoms with Gasteiger partial charge in [-0.2, -0.15) is 0 Å². The molecule has 0 spiro atoms. The quantitative estimate of drug-likeness (QED) is 0.620. The first-order valence-corrected chi connectivity index (χ1v) is 9.46. The number of esters is 1. The summed E-state index contributed by atoms with van der Waals surface area (Å²) in [6.45, 7) is 7.44. The van der Waals surface area contributed by atoms with Crippen LogP contribution >= 0.6 is 0 Å². The summed E-state index contributed by atoms with van der Waals surface area (Å²) in [4.78, 5) is 38.4. The van der Waals surface area contributed by atoms with E-state index in [4.69, 9.17) is 4.74 Å². The second-order valence-electron chi connectivity index (χ2n) is 7.05. The van der Waals surface area contributed by atoms with Crippen LogP contribution in [0.3, 0.4) is 0 Å². The van der Waals surface area contributed by atoms with Gasteiger partial charge in [0, 0.05) is 19.8 Å². The van der Waals surface area contributed by atoms with Crippen molar-refractivity contribution in [3.63, 3.8) is 0 Å². The van der Waals surface area contributed by atoms with Crippen LogP contribution in [0, 0.1) is 0 Å². The van der Waals surface area contributed by atoms with E-state index in [0.29, 0.717) is 22.7 Å². The third-order valence-electron chi connectivity index (χ3n) is 5.26. The third kappa shape index (κ3) is 3.44. The van der Waals surface area contributed by atoms with Crippen LogP contribution in [0.2, 0.25) is 0 Å². The molecule has 3 rings (SSSR count). The number of carbonyl (C=O) groups is 1. The minimum Gasteiger partial charge on any atom is -0.458 e. The highest BCUT2D eigenvalue weighted by Gasteiger charge is 2.37. The van der Waals surface area contributed by atoms with Gasteiger partial charge >= 0.3 is 11.7 Å². The zero-order valence-electron chi connectivity index (χ0n) is 17.1. The molecule has 7 nitrogen and oxygen atoms in total. The van der Waals surface area contributed by atoms with E-state index < -0.39 is 23.1 Å². The predicted molar refractivity (Wildman–Crippen MR) is 112 cm³/mol. The van der Waals surface area contributed by atoms with E-state index in [1.807, 2.05) is 24.3 Å². The average molecular weight is 395 g/mol. The van der Waals surface area contributed by atoms with Gasteiger partial charge in [0.2, 0.25) is 0 Å². The summed E-state index contributed by atoms with van der Waals surface area (Å²) < 4.78 is 7.75. The van der Waals surface area contributed by atoms with Crippen molar-refractivity contribution in [3.05, 3.63) is 85.7 Å². The Bertz CT molecular complexity index is 1120. The molecule has 1 aromatic carbocycles. The van der Waals surface area contributed by atoms with Crippen molar-refractivity contribution in [1.29, 1.82) is 0 Å². The molecular formula is C22H25N3O4. The molecule has 0 bridgehead atoms. The molecule has 29 heavy (non-hydrogen) atoms. The summed E-state index contributed by atoms with van der Waals surface area (Å²) >= 11 is 0. The molecule has 1 atom stereocenters. The lowest BCUT2D eigenvalue weighted by atomic mass is 9.82. The van der Waals surface area contributed by atoms with Gasteiger partial charge in [-0.15, -0.1) is 0 Å². The van der Waals surface area contributed by atoms with E-state index in [9.17, 15) is 14.4 Å². The summed E-state index contributed by atoms with van der Waals surface area (Å²) in [5, 5.41) is 3.07. The fourth-order valence-corrected chi connectivity index (χ4v) is 3.65. The standard InChI is InChI=1S/C22H25N3O4/c1-6-12-29-21(27)16-13(3)23-19-18(20(26)25(5)22(28)24(19)4)17(16)15-10-8-14(7-2)9-11-15/h6,8-11,17,23H,1,7,12H2,2-5H3. The van der Waals surface area contributed by atoms with Crippen LogP contribution in [0.25, 0.3) is 0 Å².